The van der Waals surface area contributed by atoms with Crippen LogP contribution < -0.4 is 5.32 Å². The maximum atomic E-state index is 10.5. The van der Waals surface area contributed by atoms with Crippen LogP contribution in [0.25, 0.3) is 0 Å². The van der Waals surface area contributed by atoms with Crippen LogP contribution >= 0.6 is 0 Å². The van der Waals surface area contributed by atoms with E-state index in [9.17, 15) is 9.90 Å². The van der Waals surface area contributed by atoms with Gasteiger partial charge in [0.2, 0.25) is 12.3 Å². The van der Waals surface area contributed by atoms with Crippen LogP contribution in [0.3, 0.4) is 0 Å². The number of ether oxygens (including phenoxy) is 1. The van der Waals surface area contributed by atoms with Crippen molar-refractivity contribution < 1.29 is 24.9 Å². The van der Waals surface area contributed by atoms with Crippen LogP contribution in [0, 0.1) is 0 Å². The lowest BCUT2D eigenvalue weighted by atomic mass is 10.0. The fourth-order valence-electron chi connectivity index (χ4n) is 0.789. The molecule has 0 aliphatic heterocycles. The van der Waals surface area contributed by atoms with E-state index in [1.54, 1.807) is 0 Å². The topological polar surface area (TPSA) is 99.0 Å². The number of amides is 1. The minimum Gasteiger partial charge on any atom is -0.394 e. The van der Waals surface area contributed by atoms with Gasteiger partial charge in [-0.1, -0.05) is 0 Å². The summed E-state index contributed by atoms with van der Waals surface area (Å²) < 4.78 is 4.91. The van der Waals surface area contributed by atoms with Crippen molar-refractivity contribution in [3.05, 3.63) is 0 Å². The molecule has 0 rings (SSSR count). The second-order valence-electron chi connectivity index (χ2n) is 3.47. The van der Waals surface area contributed by atoms with E-state index in [-0.39, 0.29) is 0 Å². The predicted molar refractivity (Wildman–Crippen MR) is 48.1 cm³/mol. The van der Waals surface area contributed by atoms with Gasteiger partial charge in [0.1, 0.15) is 6.10 Å². The molecule has 2 unspecified atom stereocenters. The summed E-state index contributed by atoms with van der Waals surface area (Å²) in [5.74, 6) is -0.452. The molecule has 14 heavy (non-hydrogen) atoms. The fraction of sp³-hybridized carbons (Fsp3) is 0.875. The van der Waals surface area contributed by atoms with E-state index in [0.717, 1.165) is 0 Å². The third-order valence-corrected chi connectivity index (χ3v) is 1.72. The Balaban J connectivity index is 4.13. The van der Waals surface area contributed by atoms with Crippen LogP contribution in [0.1, 0.15) is 20.8 Å². The highest BCUT2D eigenvalue weighted by molar-refractivity contribution is 5.72. The molecule has 0 aromatic heterocycles. The fourth-order valence-corrected chi connectivity index (χ4v) is 0.789. The van der Waals surface area contributed by atoms with Gasteiger partial charge in [-0.2, -0.15) is 0 Å². The Labute approximate surface area is 82.5 Å². The predicted octanol–water partition coefficient (Wildman–Crippen LogP) is -1.45. The lowest BCUT2D eigenvalue weighted by Crippen LogP contribution is -2.48. The SMILES string of the molecule is CC(=O)NC(O)OC(C)(C)C(O)CO. The molecular formula is C8H17NO5. The van der Waals surface area contributed by atoms with Crippen LogP contribution in [0.2, 0.25) is 0 Å². The number of aliphatic hydroxyl groups is 3. The van der Waals surface area contributed by atoms with E-state index < -0.39 is 30.6 Å². The first-order chi connectivity index (χ1) is 6.29. The summed E-state index contributed by atoms with van der Waals surface area (Å²) in [6.07, 6.45) is -2.63. The smallest absolute Gasteiger partial charge is 0.238 e. The Kier molecular flexibility index (Phi) is 5.00. The van der Waals surface area contributed by atoms with Gasteiger partial charge in [0.25, 0.3) is 0 Å². The highest BCUT2D eigenvalue weighted by Crippen LogP contribution is 2.15. The van der Waals surface area contributed by atoms with E-state index in [1.165, 1.54) is 20.8 Å². The Morgan fingerprint density at radius 2 is 2.00 bits per heavy atom. The molecule has 0 bridgehead atoms. The van der Waals surface area contributed by atoms with E-state index >= 15 is 0 Å². The molecule has 6 nitrogen and oxygen atoms in total. The number of nitrogens with one attached hydrogen (secondary N) is 1. The molecule has 0 fully saturated rings. The zero-order chi connectivity index (χ0) is 11.4. The first-order valence-electron chi connectivity index (χ1n) is 4.21. The van der Waals surface area contributed by atoms with Gasteiger partial charge in [0.15, 0.2) is 0 Å². The summed E-state index contributed by atoms with van der Waals surface area (Å²) in [6, 6.07) is 0. The number of aliphatic hydroxyl groups excluding tert-OH is 3. The van der Waals surface area contributed by atoms with Gasteiger partial charge in [-0.05, 0) is 13.8 Å². The minimum absolute atomic E-state index is 0.452. The minimum atomic E-state index is -1.50. The van der Waals surface area contributed by atoms with Crippen LogP contribution in [0.5, 0.6) is 0 Å². The Hall–Kier alpha value is -0.690. The lowest BCUT2D eigenvalue weighted by molar-refractivity contribution is -0.222. The van der Waals surface area contributed by atoms with Gasteiger partial charge in [-0.15, -0.1) is 0 Å². The summed E-state index contributed by atoms with van der Waals surface area (Å²) in [5.41, 5.74) is -1.14. The molecule has 0 aliphatic carbocycles. The molecule has 0 saturated carbocycles. The quantitative estimate of drug-likeness (QED) is 0.413. The van der Waals surface area contributed by atoms with Gasteiger partial charge in [0, 0.05) is 6.92 Å². The largest absolute Gasteiger partial charge is 0.394 e. The van der Waals surface area contributed by atoms with Crippen molar-refractivity contribution in [1.29, 1.82) is 0 Å². The third-order valence-electron chi connectivity index (χ3n) is 1.72. The van der Waals surface area contributed by atoms with Gasteiger partial charge >= 0.3 is 0 Å². The molecule has 0 spiro atoms. The molecule has 2 atom stereocenters. The molecule has 0 aromatic carbocycles. The van der Waals surface area contributed by atoms with Crippen molar-refractivity contribution >= 4 is 5.91 Å². The number of carbonyl (C=O) groups excluding carboxylic acids is 1. The zero-order valence-electron chi connectivity index (χ0n) is 8.52. The summed E-state index contributed by atoms with van der Waals surface area (Å²) >= 11 is 0. The molecule has 0 aliphatic rings. The van der Waals surface area contributed by atoms with E-state index in [0.29, 0.717) is 0 Å². The summed E-state index contributed by atoms with van der Waals surface area (Å²) in [4.78, 5) is 10.5. The van der Waals surface area contributed by atoms with Crippen molar-refractivity contribution in [2.45, 2.75) is 38.9 Å². The number of rotatable bonds is 5. The second kappa shape index (κ2) is 5.26. The number of hydrogen-bond donors (Lipinski definition) is 4. The van der Waals surface area contributed by atoms with Crippen molar-refractivity contribution in [3.8, 4) is 0 Å². The Bertz CT molecular complexity index is 194. The van der Waals surface area contributed by atoms with Gasteiger partial charge in [-0.25, -0.2) is 0 Å². The maximum absolute atomic E-state index is 10.5. The normalized spacial score (nSPS) is 16.1. The highest BCUT2D eigenvalue weighted by Gasteiger charge is 2.31. The van der Waals surface area contributed by atoms with Crippen molar-refractivity contribution in [3.63, 3.8) is 0 Å². The molecule has 4 N–H and O–H groups in total. The van der Waals surface area contributed by atoms with Crippen molar-refractivity contribution in [2.75, 3.05) is 6.61 Å². The average Bonchev–Trinajstić information content (AvgIpc) is 1.99. The van der Waals surface area contributed by atoms with Crippen molar-refractivity contribution in [2.24, 2.45) is 0 Å². The second-order valence-corrected chi connectivity index (χ2v) is 3.47. The maximum Gasteiger partial charge on any atom is 0.238 e. The standard InChI is InChI=1S/C8H17NO5/c1-5(11)9-7(13)14-8(2,3)6(12)4-10/h6-7,10,12-13H,4H2,1-3H3,(H,9,11). The molecule has 6 heteroatoms. The molecular weight excluding hydrogens is 190 g/mol. The first-order valence-corrected chi connectivity index (χ1v) is 4.21. The van der Waals surface area contributed by atoms with Gasteiger partial charge < -0.3 is 25.4 Å². The highest BCUT2D eigenvalue weighted by atomic mass is 16.6. The summed E-state index contributed by atoms with van der Waals surface area (Å²) in [5, 5.41) is 29.2. The molecule has 0 heterocycles. The average molecular weight is 207 g/mol. The first kappa shape index (κ1) is 13.3. The lowest BCUT2D eigenvalue weighted by Gasteiger charge is -2.31. The number of carbonyl (C=O) groups is 1. The van der Waals surface area contributed by atoms with E-state index in [2.05, 4.69) is 5.32 Å². The Morgan fingerprint density at radius 1 is 1.50 bits per heavy atom. The van der Waals surface area contributed by atoms with Crippen LogP contribution in [0.15, 0.2) is 0 Å². The van der Waals surface area contributed by atoms with Crippen LogP contribution in [-0.4, -0.2) is 46.0 Å². The molecule has 0 saturated heterocycles. The number of hydrogen-bond acceptors (Lipinski definition) is 5. The van der Waals surface area contributed by atoms with E-state index in [1.807, 2.05) is 0 Å². The molecule has 1 amide bonds. The Morgan fingerprint density at radius 3 is 2.36 bits per heavy atom. The van der Waals surface area contributed by atoms with Crippen LogP contribution in [0.4, 0.5) is 0 Å². The molecule has 0 radical (unpaired) electrons. The molecule has 0 aromatic rings. The summed E-state index contributed by atoms with van der Waals surface area (Å²) in [6.45, 7) is 3.71. The monoisotopic (exact) mass is 207 g/mol. The van der Waals surface area contributed by atoms with Gasteiger partial charge in [-0.3, -0.25) is 4.79 Å². The third kappa shape index (κ3) is 4.52. The summed E-state index contributed by atoms with van der Waals surface area (Å²) in [7, 11) is 0. The van der Waals surface area contributed by atoms with Crippen LogP contribution in [-0.2, 0) is 9.53 Å². The van der Waals surface area contributed by atoms with Crippen molar-refractivity contribution in [1.82, 2.24) is 5.32 Å². The van der Waals surface area contributed by atoms with Gasteiger partial charge in [0.05, 0.1) is 12.2 Å². The zero-order valence-corrected chi connectivity index (χ0v) is 8.52. The van der Waals surface area contributed by atoms with E-state index in [4.69, 9.17) is 14.9 Å². The molecule has 84 valence electrons.